The van der Waals surface area contributed by atoms with Crippen LogP contribution in [0.15, 0.2) is 36.7 Å². The lowest BCUT2D eigenvalue weighted by atomic mass is 9.73. The highest BCUT2D eigenvalue weighted by molar-refractivity contribution is 5.83. The molecule has 8 nitrogen and oxygen atoms in total. The van der Waals surface area contributed by atoms with Gasteiger partial charge in [0.1, 0.15) is 22.9 Å². The third kappa shape index (κ3) is 5.62. The Hall–Kier alpha value is -3.50. The summed E-state index contributed by atoms with van der Waals surface area (Å²) >= 11 is 0. The maximum Gasteiger partial charge on any atom is 0.229 e. The van der Waals surface area contributed by atoms with Crippen molar-refractivity contribution in [2.45, 2.75) is 58.9 Å². The van der Waals surface area contributed by atoms with Crippen LogP contribution >= 0.6 is 0 Å². The zero-order valence-electron chi connectivity index (χ0n) is 24.8. The molecule has 5 heterocycles. The monoisotopic (exact) mass is 575 g/mol. The Morgan fingerprint density at radius 2 is 1.81 bits per heavy atom. The number of nitrogens with zero attached hydrogens (tertiary/aromatic N) is 6. The number of hydrogen-bond donors (Lipinski definition) is 1. The number of anilines is 2. The minimum atomic E-state index is -0.634. The molecule has 0 aliphatic carbocycles. The second kappa shape index (κ2) is 12.0. The van der Waals surface area contributed by atoms with Gasteiger partial charge in [-0.3, -0.25) is 0 Å². The second-order valence-corrected chi connectivity index (χ2v) is 11.9. The lowest BCUT2D eigenvalue weighted by molar-refractivity contribution is 0.137. The van der Waals surface area contributed by atoms with Crippen molar-refractivity contribution in [3.8, 4) is 11.3 Å². The van der Waals surface area contributed by atoms with Crippen molar-refractivity contribution in [2.24, 2.45) is 11.8 Å². The number of ether oxygens (including phenoxy) is 1. The van der Waals surface area contributed by atoms with Crippen LogP contribution in [0.4, 0.5) is 20.5 Å². The molecule has 2 aliphatic heterocycles. The molecule has 2 fully saturated rings. The van der Waals surface area contributed by atoms with Crippen molar-refractivity contribution in [3.05, 3.63) is 59.7 Å². The van der Waals surface area contributed by atoms with E-state index >= 15 is 4.39 Å². The molecule has 6 rings (SSSR count). The molecule has 222 valence electrons. The van der Waals surface area contributed by atoms with Crippen LogP contribution in [-0.2, 0) is 4.74 Å². The molecule has 1 N–H and O–H groups in total. The van der Waals surface area contributed by atoms with E-state index in [2.05, 4.69) is 38.2 Å². The quantitative estimate of drug-likeness (QED) is 0.252. The molecule has 1 unspecified atom stereocenters. The number of hydrogen-bond acceptors (Lipinski definition) is 7. The Kier molecular flexibility index (Phi) is 8.18. The summed E-state index contributed by atoms with van der Waals surface area (Å²) < 4.78 is 37.8. The first-order chi connectivity index (χ1) is 20.3. The number of rotatable bonds is 8. The van der Waals surface area contributed by atoms with Gasteiger partial charge in [0.25, 0.3) is 0 Å². The van der Waals surface area contributed by atoms with Crippen LogP contribution in [0, 0.1) is 30.4 Å². The van der Waals surface area contributed by atoms with Crippen LogP contribution < -0.4 is 5.32 Å². The Morgan fingerprint density at radius 1 is 1.00 bits per heavy atom. The molecule has 3 aromatic heterocycles. The lowest BCUT2D eigenvalue weighted by Gasteiger charge is -2.38. The molecule has 10 heteroatoms. The van der Waals surface area contributed by atoms with E-state index in [4.69, 9.17) is 9.72 Å². The maximum atomic E-state index is 15.1. The van der Waals surface area contributed by atoms with Crippen LogP contribution in [0.5, 0.6) is 0 Å². The number of pyridine rings is 1. The zero-order valence-corrected chi connectivity index (χ0v) is 24.8. The van der Waals surface area contributed by atoms with Crippen LogP contribution in [-0.4, -0.2) is 62.3 Å². The fraction of sp³-hybridized carbons (Fsp3) is 0.500. The first-order valence-electron chi connectivity index (χ1n) is 15.1. The fourth-order valence-electron chi connectivity index (χ4n) is 6.87. The van der Waals surface area contributed by atoms with E-state index in [-0.39, 0.29) is 23.2 Å². The summed E-state index contributed by atoms with van der Waals surface area (Å²) in [6.45, 7) is 13.1. The molecule has 4 aromatic rings. The van der Waals surface area contributed by atoms with Gasteiger partial charge in [-0.15, -0.1) is 0 Å². The Morgan fingerprint density at radius 3 is 2.48 bits per heavy atom. The van der Waals surface area contributed by atoms with Gasteiger partial charge in [0.05, 0.1) is 18.3 Å². The molecule has 0 radical (unpaired) electrons. The number of piperidine rings is 1. The normalized spacial score (nSPS) is 19.2. The molecule has 0 bridgehead atoms. The number of halogens is 2. The number of imidazole rings is 1. The van der Waals surface area contributed by atoms with Crippen molar-refractivity contribution < 1.29 is 13.5 Å². The standard InChI is InChI=1S/C32H39F2N7O/c1-5-40-11-8-21(9-12-40)29(23-10-13-42-18-23)22-6-7-28(35-16-22)38-32-36-17-26(34)30(39-32)24-14-25(33)31-27(15-24)41(19(2)3)20(4)37-31/h6-7,14-17,19,21,23,29H,5,8-13,18H2,1-4H3,(H,35,36,38,39)/t23?,29-/m1/s1. The van der Waals surface area contributed by atoms with Crippen LogP contribution in [0.3, 0.4) is 0 Å². The van der Waals surface area contributed by atoms with E-state index in [1.54, 1.807) is 6.07 Å². The summed E-state index contributed by atoms with van der Waals surface area (Å²) in [5.74, 6) is 1.82. The minimum Gasteiger partial charge on any atom is -0.381 e. The van der Waals surface area contributed by atoms with E-state index in [0.29, 0.717) is 40.5 Å². The van der Waals surface area contributed by atoms with E-state index in [9.17, 15) is 4.39 Å². The lowest BCUT2D eigenvalue weighted by Crippen LogP contribution is -2.37. The smallest absolute Gasteiger partial charge is 0.229 e. The minimum absolute atomic E-state index is 0.0128. The average molecular weight is 576 g/mol. The van der Waals surface area contributed by atoms with E-state index in [1.165, 1.54) is 24.5 Å². The summed E-state index contributed by atoms with van der Waals surface area (Å²) in [7, 11) is 0. The van der Waals surface area contributed by atoms with Gasteiger partial charge in [0, 0.05) is 24.4 Å². The molecular weight excluding hydrogens is 536 g/mol. The fourth-order valence-corrected chi connectivity index (χ4v) is 6.87. The van der Waals surface area contributed by atoms with E-state index in [0.717, 1.165) is 45.5 Å². The van der Waals surface area contributed by atoms with Crippen LogP contribution in [0.2, 0.25) is 0 Å². The van der Waals surface area contributed by atoms with Gasteiger partial charge in [-0.1, -0.05) is 13.0 Å². The second-order valence-electron chi connectivity index (χ2n) is 11.9. The van der Waals surface area contributed by atoms with Gasteiger partial charge >= 0.3 is 0 Å². The maximum absolute atomic E-state index is 15.1. The van der Waals surface area contributed by atoms with E-state index < -0.39 is 11.6 Å². The third-order valence-corrected chi connectivity index (χ3v) is 8.93. The van der Waals surface area contributed by atoms with Crippen LogP contribution in [0.25, 0.3) is 22.3 Å². The van der Waals surface area contributed by atoms with Gasteiger partial charge < -0.3 is 19.5 Å². The molecule has 0 saturated carbocycles. The molecule has 1 aromatic carbocycles. The number of aryl methyl sites for hydroxylation is 1. The molecule has 2 saturated heterocycles. The SMILES string of the molecule is CCN1CCC([C@H](c2ccc(Nc3ncc(F)c(-c4cc(F)c5nc(C)n(C(C)C)c5c4)n3)nc2)C2CCOC2)CC1. The Bertz CT molecular complexity index is 1540. The summed E-state index contributed by atoms with van der Waals surface area (Å²) in [6, 6.07) is 7.14. The highest BCUT2D eigenvalue weighted by Crippen LogP contribution is 2.41. The molecule has 0 amide bonds. The van der Waals surface area contributed by atoms with Crippen molar-refractivity contribution in [3.63, 3.8) is 0 Å². The largest absolute Gasteiger partial charge is 0.381 e. The third-order valence-electron chi connectivity index (χ3n) is 8.93. The highest BCUT2D eigenvalue weighted by Gasteiger charge is 2.35. The Balaban J connectivity index is 1.25. The summed E-state index contributed by atoms with van der Waals surface area (Å²) in [4.78, 5) is 20.2. The van der Waals surface area contributed by atoms with Gasteiger partial charge in [0.15, 0.2) is 11.6 Å². The first-order valence-corrected chi connectivity index (χ1v) is 15.1. The summed E-state index contributed by atoms with van der Waals surface area (Å²) in [5, 5.41) is 3.11. The molecule has 2 aliphatic rings. The van der Waals surface area contributed by atoms with Gasteiger partial charge in [0.2, 0.25) is 5.95 Å². The number of fused-ring (bicyclic) bond motifs is 1. The number of aromatic nitrogens is 5. The molecule has 42 heavy (non-hydrogen) atoms. The number of nitrogens with one attached hydrogen (secondary N) is 1. The van der Waals surface area contributed by atoms with E-state index in [1.807, 2.05) is 37.6 Å². The van der Waals surface area contributed by atoms with Crippen molar-refractivity contribution >= 4 is 22.8 Å². The predicted molar refractivity (Wildman–Crippen MR) is 160 cm³/mol. The number of likely N-dealkylation sites (tertiary alicyclic amines) is 1. The van der Waals surface area contributed by atoms with Crippen LogP contribution in [0.1, 0.15) is 63.4 Å². The van der Waals surface area contributed by atoms with Crippen molar-refractivity contribution in [1.82, 2.24) is 29.4 Å². The predicted octanol–water partition coefficient (Wildman–Crippen LogP) is 6.65. The topological polar surface area (TPSA) is 81.0 Å². The first kappa shape index (κ1) is 28.6. The average Bonchev–Trinajstić information content (AvgIpc) is 3.63. The van der Waals surface area contributed by atoms with Crippen molar-refractivity contribution in [2.75, 3.05) is 38.2 Å². The molecule has 0 spiro atoms. The Labute approximate surface area is 245 Å². The highest BCUT2D eigenvalue weighted by atomic mass is 19.1. The van der Waals surface area contributed by atoms with Crippen molar-refractivity contribution in [1.29, 1.82) is 0 Å². The van der Waals surface area contributed by atoms with Gasteiger partial charge in [-0.2, -0.15) is 0 Å². The van der Waals surface area contributed by atoms with Gasteiger partial charge in [-0.05, 0) is 101 Å². The summed E-state index contributed by atoms with van der Waals surface area (Å²) in [5.41, 5.74) is 2.43. The number of benzene rings is 1. The zero-order chi connectivity index (χ0) is 29.4. The van der Waals surface area contributed by atoms with Gasteiger partial charge in [-0.25, -0.2) is 28.7 Å². The molecule has 2 atom stereocenters. The summed E-state index contributed by atoms with van der Waals surface area (Å²) in [6.07, 6.45) is 6.50. The molecular formula is C32H39F2N7O.